The van der Waals surface area contributed by atoms with Crippen molar-refractivity contribution in [3.8, 4) is 5.69 Å². The summed E-state index contributed by atoms with van der Waals surface area (Å²) in [6.45, 7) is 0.811. The van der Waals surface area contributed by atoms with E-state index in [2.05, 4.69) is 26.2 Å². The van der Waals surface area contributed by atoms with Crippen molar-refractivity contribution < 1.29 is 9.18 Å². The van der Waals surface area contributed by atoms with Crippen LogP contribution in [0.15, 0.2) is 24.5 Å². The zero-order valence-corrected chi connectivity index (χ0v) is 11.3. The summed E-state index contributed by atoms with van der Waals surface area (Å²) in [5, 5.41) is 16.5. The average Bonchev–Trinajstić information content (AvgIpc) is 3.04. The Labute approximate surface area is 120 Å². The fourth-order valence-corrected chi connectivity index (χ4v) is 2.33. The van der Waals surface area contributed by atoms with Gasteiger partial charge in [0.25, 0.3) is 0 Å². The van der Waals surface area contributed by atoms with Gasteiger partial charge in [-0.15, -0.1) is 5.10 Å². The molecule has 2 N–H and O–H groups in total. The van der Waals surface area contributed by atoms with Gasteiger partial charge in [-0.1, -0.05) is 6.42 Å². The van der Waals surface area contributed by atoms with Gasteiger partial charge in [0.05, 0.1) is 17.4 Å². The molecule has 1 amide bonds. The van der Waals surface area contributed by atoms with E-state index >= 15 is 0 Å². The number of halogens is 1. The first kappa shape index (κ1) is 13.6. The number of amides is 1. The molecular weight excluding hydrogens is 275 g/mol. The highest BCUT2D eigenvalue weighted by Gasteiger charge is 2.21. The van der Waals surface area contributed by atoms with Gasteiger partial charge in [-0.05, 0) is 48.0 Å². The predicted octanol–water partition coefficient (Wildman–Crippen LogP) is 0.882. The van der Waals surface area contributed by atoms with Gasteiger partial charge in [-0.3, -0.25) is 4.79 Å². The summed E-state index contributed by atoms with van der Waals surface area (Å²) in [7, 11) is 0. The SMILES string of the molecule is O=C(Nc1cc(-n2cnnn2)ccc1F)C1CCCCN1. The van der Waals surface area contributed by atoms with Crippen LogP contribution in [0.25, 0.3) is 5.69 Å². The van der Waals surface area contributed by atoms with Crippen molar-refractivity contribution >= 4 is 11.6 Å². The Morgan fingerprint density at radius 1 is 1.43 bits per heavy atom. The fourth-order valence-electron chi connectivity index (χ4n) is 2.33. The van der Waals surface area contributed by atoms with Gasteiger partial charge >= 0.3 is 0 Å². The first-order valence-electron chi connectivity index (χ1n) is 6.81. The number of carbonyl (C=O) groups excluding carboxylic acids is 1. The molecule has 0 aliphatic carbocycles. The molecule has 2 heterocycles. The minimum atomic E-state index is -0.490. The number of benzene rings is 1. The number of tetrazole rings is 1. The first-order valence-corrected chi connectivity index (χ1v) is 6.81. The van der Waals surface area contributed by atoms with E-state index in [-0.39, 0.29) is 17.6 Å². The molecule has 3 rings (SSSR count). The Balaban J connectivity index is 1.78. The van der Waals surface area contributed by atoms with Gasteiger partial charge in [-0.25, -0.2) is 9.07 Å². The fraction of sp³-hybridized carbons (Fsp3) is 0.385. The Bertz CT molecular complexity index is 624. The van der Waals surface area contributed by atoms with E-state index in [1.54, 1.807) is 6.07 Å². The molecule has 0 radical (unpaired) electrons. The molecule has 1 aromatic carbocycles. The minimum Gasteiger partial charge on any atom is -0.322 e. The van der Waals surface area contributed by atoms with E-state index < -0.39 is 5.82 Å². The zero-order valence-electron chi connectivity index (χ0n) is 11.3. The molecule has 1 aliphatic rings. The second-order valence-electron chi connectivity index (χ2n) is 4.91. The molecule has 0 bridgehead atoms. The molecule has 1 aliphatic heterocycles. The van der Waals surface area contributed by atoms with Crippen LogP contribution in [0.5, 0.6) is 0 Å². The number of carbonyl (C=O) groups is 1. The monoisotopic (exact) mass is 290 g/mol. The lowest BCUT2D eigenvalue weighted by Gasteiger charge is -2.22. The number of nitrogens with one attached hydrogen (secondary N) is 2. The number of aromatic nitrogens is 4. The van der Waals surface area contributed by atoms with Gasteiger partial charge in [0.1, 0.15) is 12.1 Å². The third kappa shape index (κ3) is 3.05. The molecule has 7 nitrogen and oxygen atoms in total. The van der Waals surface area contributed by atoms with Gasteiger partial charge in [-0.2, -0.15) is 0 Å². The van der Waals surface area contributed by atoms with Gasteiger partial charge in [0, 0.05) is 0 Å². The second kappa shape index (κ2) is 5.96. The van der Waals surface area contributed by atoms with Crippen molar-refractivity contribution in [2.75, 3.05) is 11.9 Å². The molecule has 0 saturated carbocycles. The van der Waals surface area contributed by atoms with Gasteiger partial charge in [0.2, 0.25) is 5.91 Å². The molecule has 1 fully saturated rings. The lowest BCUT2D eigenvalue weighted by atomic mass is 10.0. The third-order valence-corrected chi connectivity index (χ3v) is 3.45. The number of nitrogens with zero attached hydrogens (tertiary/aromatic N) is 4. The van der Waals surface area contributed by atoms with Crippen LogP contribution < -0.4 is 10.6 Å². The summed E-state index contributed by atoms with van der Waals surface area (Å²) < 4.78 is 15.2. The number of hydrogen-bond donors (Lipinski definition) is 2. The number of anilines is 1. The first-order chi connectivity index (χ1) is 10.2. The Hall–Kier alpha value is -2.35. The van der Waals surface area contributed by atoms with Crippen LogP contribution in [0, 0.1) is 5.82 Å². The predicted molar refractivity (Wildman–Crippen MR) is 73.4 cm³/mol. The van der Waals surface area contributed by atoms with E-state index in [0.29, 0.717) is 5.69 Å². The maximum Gasteiger partial charge on any atom is 0.241 e. The number of hydrogen-bond acceptors (Lipinski definition) is 5. The maximum absolute atomic E-state index is 13.8. The Morgan fingerprint density at radius 2 is 2.33 bits per heavy atom. The smallest absolute Gasteiger partial charge is 0.241 e. The third-order valence-electron chi connectivity index (χ3n) is 3.45. The summed E-state index contributed by atoms with van der Waals surface area (Å²) in [6, 6.07) is 4.06. The molecule has 1 unspecified atom stereocenters. The molecule has 0 spiro atoms. The van der Waals surface area contributed by atoms with Crippen molar-refractivity contribution in [2.24, 2.45) is 0 Å². The van der Waals surface area contributed by atoms with Crippen LogP contribution in [0.3, 0.4) is 0 Å². The lowest BCUT2D eigenvalue weighted by Crippen LogP contribution is -2.43. The van der Waals surface area contributed by atoms with E-state index in [4.69, 9.17) is 0 Å². The molecule has 2 aromatic rings. The van der Waals surface area contributed by atoms with Crippen molar-refractivity contribution in [3.63, 3.8) is 0 Å². The van der Waals surface area contributed by atoms with Crippen molar-refractivity contribution in [1.29, 1.82) is 0 Å². The van der Waals surface area contributed by atoms with Crippen molar-refractivity contribution in [3.05, 3.63) is 30.3 Å². The number of piperidine rings is 1. The molecule has 1 atom stereocenters. The van der Waals surface area contributed by atoms with Crippen LogP contribution in [0.2, 0.25) is 0 Å². The highest BCUT2D eigenvalue weighted by molar-refractivity contribution is 5.95. The van der Waals surface area contributed by atoms with E-state index in [9.17, 15) is 9.18 Å². The average molecular weight is 290 g/mol. The van der Waals surface area contributed by atoms with Crippen LogP contribution in [0.1, 0.15) is 19.3 Å². The summed E-state index contributed by atoms with van der Waals surface area (Å²) in [6.07, 6.45) is 4.23. The topological polar surface area (TPSA) is 84.7 Å². The second-order valence-corrected chi connectivity index (χ2v) is 4.91. The van der Waals surface area contributed by atoms with Gasteiger partial charge < -0.3 is 10.6 Å². The van der Waals surface area contributed by atoms with E-state index in [1.165, 1.54) is 23.1 Å². The standard InChI is InChI=1S/C13H15FN6O/c14-10-5-4-9(20-8-16-18-19-20)7-12(10)17-13(21)11-3-1-2-6-15-11/h4-5,7-8,11,15H,1-3,6H2,(H,17,21). The molecule has 8 heteroatoms. The zero-order chi connectivity index (χ0) is 14.7. The molecule has 21 heavy (non-hydrogen) atoms. The lowest BCUT2D eigenvalue weighted by molar-refractivity contribution is -0.118. The van der Waals surface area contributed by atoms with Gasteiger partial charge in [0.15, 0.2) is 0 Å². The largest absolute Gasteiger partial charge is 0.322 e. The molecule has 1 saturated heterocycles. The summed E-state index contributed by atoms with van der Waals surface area (Å²) in [5.74, 6) is -0.710. The van der Waals surface area contributed by atoms with Crippen LogP contribution in [-0.2, 0) is 4.79 Å². The highest BCUT2D eigenvalue weighted by Crippen LogP contribution is 2.19. The minimum absolute atomic E-state index is 0.125. The van der Waals surface area contributed by atoms with Crippen LogP contribution in [0.4, 0.5) is 10.1 Å². The normalized spacial score (nSPS) is 18.4. The summed E-state index contributed by atoms with van der Waals surface area (Å²) >= 11 is 0. The van der Waals surface area contributed by atoms with E-state index in [1.807, 2.05) is 0 Å². The molecular formula is C13H15FN6O. The number of rotatable bonds is 3. The summed E-state index contributed by atoms with van der Waals surface area (Å²) in [5.41, 5.74) is 0.702. The van der Waals surface area contributed by atoms with E-state index in [0.717, 1.165) is 25.8 Å². The van der Waals surface area contributed by atoms with Crippen molar-refractivity contribution in [2.45, 2.75) is 25.3 Å². The summed E-state index contributed by atoms with van der Waals surface area (Å²) in [4.78, 5) is 12.1. The quantitative estimate of drug-likeness (QED) is 0.876. The Morgan fingerprint density at radius 3 is 3.05 bits per heavy atom. The van der Waals surface area contributed by atoms with Crippen molar-refractivity contribution in [1.82, 2.24) is 25.5 Å². The molecule has 110 valence electrons. The highest BCUT2D eigenvalue weighted by atomic mass is 19.1. The van der Waals surface area contributed by atoms with Crippen LogP contribution in [-0.4, -0.2) is 38.7 Å². The molecule has 1 aromatic heterocycles. The Kier molecular flexibility index (Phi) is 3.87. The maximum atomic E-state index is 13.8. The van der Waals surface area contributed by atoms with Crippen LogP contribution >= 0.6 is 0 Å².